The third-order valence-corrected chi connectivity index (χ3v) is 7.02. The standard InChI is InChI=1S/C28H23NO5/c30-17-18-32-22-14-15-24-23(19-22)28-20-9-4-1-2-7-13-25(27(28,34-28)16-8-10-20)29(24)26(31)33-21-11-5-3-6-12-21/h1-3,5-6,11-12,14-15,19-20,25,30H,8,10,16-18H2/b2-1-/t20-,25+,27+,28-/m1/s1. The minimum atomic E-state index is -0.666. The van der Waals surface area contributed by atoms with E-state index in [9.17, 15) is 9.90 Å². The van der Waals surface area contributed by atoms with Crippen molar-refractivity contribution in [2.24, 2.45) is 5.92 Å². The predicted octanol–water partition coefficient (Wildman–Crippen LogP) is 3.79. The highest BCUT2D eigenvalue weighted by Gasteiger charge is 2.81. The molecule has 1 saturated carbocycles. The van der Waals surface area contributed by atoms with Crippen LogP contribution < -0.4 is 14.4 Å². The van der Waals surface area contributed by atoms with Gasteiger partial charge in [0.2, 0.25) is 0 Å². The number of aliphatic hydroxyl groups excluding tert-OH is 1. The van der Waals surface area contributed by atoms with Gasteiger partial charge in [-0.1, -0.05) is 41.9 Å². The largest absolute Gasteiger partial charge is 0.491 e. The van der Waals surface area contributed by atoms with E-state index < -0.39 is 23.3 Å². The highest BCUT2D eigenvalue weighted by Crippen LogP contribution is 2.72. The number of anilines is 1. The van der Waals surface area contributed by atoms with E-state index in [2.05, 4.69) is 23.7 Å². The van der Waals surface area contributed by atoms with Crippen LogP contribution in [0.15, 0.2) is 60.7 Å². The van der Waals surface area contributed by atoms with Gasteiger partial charge >= 0.3 is 6.09 Å². The van der Waals surface area contributed by atoms with E-state index in [0.717, 1.165) is 24.8 Å². The number of carbonyl (C=O) groups excluding carboxylic acids is 1. The molecule has 1 N–H and O–H groups in total. The van der Waals surface area contributed by atoms with Crippen molar-refractivity contribution in [3.05, 3.63) is 66.2 Å². The van der Waals surface area contributed by atoms with Gasteiger partial charge in [0.05, 0.1) is 18.2 Å². The first-order chi connectivity index (χ1) is 16.7. The summed E-state index contributed by atoms with van der Waals surface area (Å²) in [5.74, 6) is 13.9. The summed E-state index contributed by atoms with van der Waals surface area (Å²) >= 11 is 0. The molecular formula is C28H23NO5. The Morgan fingerprint density at radius 1 is 1.12 bits per heavy atom. The van der Waals surface area contributed by atoms with Crippen LogP contribution in [0.2, 0.25) is 0 Å². The number of carbonyl (C=O) groups is 1. The first-order valence-electron chi connectivity index (χ1n) is 11.5. The summed E-state index contributed by atoms with van der Waals surface area (Å²) in [6, 6.07) is 14.1. The van der Waals surface area contributed by atoms with Gasteiger partial charge in [0, 0.05) is 5.56 Å². The molecule has 1 amide bonds. The summed E-state index contributed by atoms with van der Waals surface area (Å²) in [6.45, 7) is 0.0932. The van der Waals surface area contributed by atoms with Crippen LogP contribution >= 0.6 is 0 Å². The molecule has 2 aliphatic carbocycles. The van der Waals surface area contributed by atoms with Gasteiger partial charge in [-0.2, -0.15) is 0 Å². The van der Waals surface area contributed by atoms with Crippen LogP contribution in [0.1, 0.15) is 24.8 Å². The molecule has 2 heterocycles. The average molecular weight is 453 g/mol. The van der Waals surface area contributed by atoms with Crippen molar-refractivity contribution in [2.45, 2.75) is 36.5 Å². The predicted molar refractivity (Wildman–Crippen MR) is 125 cm³/mol. The number of epoxide rings is 1. The molecule has 2 aromatic carbocycles. The maximum atomic E-state index is 13.6. The molecule has 4 atom stereocenters. The molecule has 170 valence electrons. The number of amides is 1. The van der Waals surface area contributed by atoms with Gasteiger partial charge in [0.1, 0.15) is 35.3 Å². The zero-order chi connectivity index (χ0) is 23.2. The topological polar surface area (TPSA) is 71.5 Å². The number of allylic oxidation sites excluding steroid dienone is 2. The molecule has 6 nitrogen and oxygen atoms in total. The average Bonchev–Trinajstić information content (AvgIpc) is 3.57. The second kappa shape index (κ2) is 7.95. The maximum absolute atomic E-state index is 13.6. The third-order valence-electron chi connectivity index (χ3n) is 7.02. The molecule has 6 rings (SSSR count). The monoisotopic (exact) mass is 453 g/mol. The molecule has 2 aromatic rings. The van der Waals surface area contributed by atoms with Crippen LogP contribution in [0.5, 0.6) is 11.5 Å². The minimum Gasteiger partial charge on any atom is -0.491 e. The Labute approximate surface area is 198 Å². The Kier molecular flexibility index (Phi) is 4.88. The number of benzene rings is 2. The molecule has 0 spiro atoms. The van der Waals surface area contributed by atoms with Gasteiger partial charge in [0.15, 0.2) is 0 Å². The van der Waals surface area contributed by atoms with Gasteiger partial charge in [-0.05, 0) is 61.7 Å². The summed E-state index contributed by atoms with van der Waals surface area (Å²) in [7, 11) is 0. The Morgan fingerprint density at radius 2 is 1.94 bits per heavy atom. The second-order valence-electron chi connectivity index (χ2n) is 8.79. The van der Waals surface area contributed by atoms with Gasteiger partial charge in [-0.15, -0.1) is 0 Å². The van der Waals surface area contributed by atoms with Crippen molar-refractivity contribution in [3.63, 3.8) is 0 Å². The molecule has 0 radical (unpaired) electrons. The van der Waals surface area contributed by atoms with E-state index in [1.54, 1.807) is 35.3 Å². The SMILES string of the molecule is O=C(Oc1ccccc1)N1c2ccc(OCCO)cc2[C@@]23O[C@]24CCC[C@H]3C#C/C=C\C#C[C@H]14. The molecule has 34 heavy (non-hydrogen) atoms. The van der Waals surface area contributed by atoms with Crippen molar-refractivity contribution < 1.29 is 24.1 Å². The number of fused-ring (bicyclic) bond motifs is 1. The summed E-state index contributed by atoms with van der Waals surface area (Å²) in [6.07, 6.45) is 5.56. The normalized spacial score (nSPS) is 30.2. The van der Waals surface area contributed by atoms with E-state index in [4.69, 9.17) is 14.2 Å². The van der Waals surface area contributed by atoms with Crippen molar-refractivity contribution in [1.82, 2.24) is 0 Å². The Bertz CT molecular complexity index is 1300. The molecule has 4 bridgehead atoms. The first-order valence-corrected chi connectivity index (χ1v) is 11.5. The number of ether oxygens (including phenoxy) is 3. The van der Waals surface area contributed by atoms with E-state index in [-0.39, 0.29) is 19.1 Å². The minimum absolute atomic E-state index is 0.0348. The zero-order valence-electron chi connectivity index (χ0n) is 18.5. The first kappa shape index (κ1) is 20.9. The number of nitrogens with zero attached hydrogens (tertiary/aromatic N) is 1. The van der Waals surface area contributed by atoms with E-state index in [0.29, 0.717) is 17.2 Å². The number of hydrogen-bond acceptors (Lipinski definition) is 5. The molecule has 4 aliphatic rings. The fourth-order valence-electron chi connectivity index (χ4n) is 5.68. The van der Waals surface area contributed by atoms with Gasteiger partial charge < -0.3 is 19.3 Å². The van der Waals surface area contributed by atoms with Gasteiger partial charge in [-0.25, -0.2) is 4.79 Å². The molecule has 6 heteroatoms. The van der Waals surface area contributed by atoms with Gasteiger partial charge in [0.25, 0.3) is 0 Å². The smallest absolute Gasteiger partial charge is 0.420 e. The summed E-state index contributed by atoms with van der Waals surface area (Å²) in [4.78, 5) is 15.3. The van der Waals surface area contributed by atoms with Crippen molar-refractivity contribution in [1.29, 1.82) is 0 Å². The summed E-state index contributed by atoms with van der Waals surface area (Å²) < 4.78 is 18.2. The Morgan fingerprint density at radius 3 is 2.76 bits per heavy atom. The lowest BCUT2D eigenvalue weighted by Gasteiger charge is -2.43. The number of para-hydroxylation sites is 1. The maximum Gasteiger partial charge on any atom is 0.420 e. The van der Waals surface area contributed by atoms with Crippen molar-refractivity contribution in [2.75, 3.05) is 18.1 Å². The fraction of sp³-hybridized carbons (Fsp3) is 0.321. The summed E-state index contributed by atoms with van der Waals surface area (Å²) in [5.41, 5.74) is 0.207. The highest BCUT2D eigenvalue weighted by atomic mass is 16.6. The third kappa shape index (κ3) is 2.97. The van der Waals surface area contributed by atoms with Crippen LogP contribution in [0.3, 0.4) is 0 Å². The number of rotatable bonds is 4. The van der Waals surface area contributed by atoms with Gasteiger partial charge in [-0.3, -0.25) is 4.90 Å². The molecular weight excluding hydrogens is 430 g/mol. The molecule has 2 aliphatic heterocycles. The van der Waals surface area contributed by atoms with Crippen LogP contribution in [0, 0.1) is 29.6 Å². The highest BCUT2D eigenvalue weighted by molar-refractivity contribution is 5.94. The van der Waals surface area contributed by atoms with E-state index >= 15 is 0 Å². The van der Waals surface area contributed by atoms with E-state index in [1.807, 2.05) is 30.3 Å². The molecule has 0 unspecified atom stereocenters. The van der Waals surface area contributed by atoms with Crippen molar-refractivity contribution in [3.8, 4) is 35.2 Å². The molecule has 1 saturated heterocycles. The second-order valence-corrected chi connectivity index (χ2v) is 8.79. The number of aliphatic hydroxyl groups is 1. The van der Waals surface area contributed by atoms with Crippen LogP contribution in [0.4, 0.5) is 10.5 Å². The lowest BCUT2D eigenvalue weighted by molar-refractivity contribution is 0.197. The lowest BCUT2D eigenvalue weighted by atomic mass is 9.64. The molecule has 0 aromatic heterocycles. The summed E-state index contributed by atoms with van der Waals surface area (Å²) in [5, 5.41) is 9.22. The van der Waals surface area contributed by atoms with Crippen LogP contribution in [0.25, 0.3) is 0 Å². The number of hydrogen-bond donors (Lipinski definition) is 1. The lowest BCUT2D eigenvalue weighted by Crippen LogP contribution is -2.57. The zero-order valence-corrected chi connectivity index (χ0v) is 18.5. The van der Waals surface area contributed by atoms with Crippen molar-refractivity contribution >= 4 is 11.8 Å². The Hall–Kier alpha value is -3.71. The fourth-order valence-corrected chi connectivity index (χ4v) is 5.68. The van der Waals surface area contributed by atoms with Crippen LogP contribution in [-0.2, 0) is 10.3 Å². The quantitative estimate of drug-likeness (QED) is 0.564. The Balaban J connectivity index is 1.53. The van der Waals surface area contributed by atoms with E-state index in [1.165, 1.54) is 0 Å². The molecule has 2 fully saturated rings. The van der Waals surface area contributed by atoms with Crippen LogP contribution in [-0.4, -0.2) is 36.1 Å².